The van der Waals surface area contributed by atoms with Gasteiger partial charge in [-0.1, -0.05) is 23.8 Å². The summed E-state index contributed by atoms with van der Waals surface area (Å²) in [5.74, 6) is -1.48. The highest BCUT2D eigenvalue weighted by Gasteiger charge is 2.24. The minimum Gasteiger partial charge on any atom is -0.465 e. The number of ether oxygens (including phenoxy) is 1. The first-order valence-corrected chi connectivity index (χ1v) is 9.98. The summed E-state index contributed by atoms with van der Waals surface area (Å²) < 4.78 is 19.8. The fourth-order valence-electron chi connectivity index (χ4n) is 3.22. The van der Waals surface area contributed by atoms with Crippen LogP contribution in [0.1, 0.15) is 32.0 Å². The molecule has 0 atom stereocenters. The van der Waals surface area contributed by atoms with E-state index in [0.717, 1.165) is 16.7 Å². The van der Waals surface area contributed by atoms with E-state index in [9.17, 15) is 14.0 Å². The van der Waals surface area contributed by atoms with Gasteiger partial charge < -0.3 is 14.5 Å². The zero-order chi connectivity index (χ0) is 21.4. The standard InChI is InChI=1S/C22H18FN3O3S/c1-12-4-5-13(2)15(8-12)16-11-30-21(19(16)22(28)29-3)25-20(27)17-10-26-9-14(23)6-7-18(26)24-17/h4-11H,1-3H3,(H,25,27). The zero-order valence-electron chi connectivity index (χ0n) is 16.5. The number of anilines is 1. The van der Waals surface area contributed by atoms with E-state index >= 15 is 0 Å². The van der Waals surface area contributed by atoms with E-state index in [1.54, 1.807) is 0 Å². The number of amides is 1. The Bertz CT molecular complexity index is 1290. The van der Waals surface area contributed by atoms with Gasteiger partial charge >= 0.3 is 5.97 Å². The Kier molecular flexibility index (Phi) is 5.09. The first-order chi connectivity index (χ1) is 14.4. The Labute approximate surface area is 176 Å². The average molecular weight is 423 g/mol. The third-order valence-electron chi connectivity index (χ3n) is 4.74. The number of nitrogens with one attached hydrogen (secondary N) is 1. The number of fused-ring (bicyclic) bond motifs is 1. The van der Waals surface area contributed by atoms with Gasteiger partial charge in [-0.15, -0.1) is 11.3 Å². The summed E-state index contributed by atoms with van der Waals surface area (Å²) in [5, 5.41) is 4.94. The number of hydrogen-bond donors (Lipinski definition) is 1. The quantitative estimate of drug-likeness (QED) is 0.476. The monoisotopic (exact) mass is 423 g/mol. The molecular weight excluding hydrogens is 405 g/mol. The van der Waals surface area contributed by atoms with E-state index in [1.807, 2.05) is 37.4 Å². The lowest BCUT2D eigenvalue weighted by molar-refractivity contribution is 0.0603. The molecular formula is C22H18FN3O3S. The highest BCUT2D eigenvalue weighted by Crippen LogP contribution is 2.38. The van der Waals surface area contributed by atoms with Crippen LogP contribution in [0.4, 0.5) is 9.39 Å². The summed E-state index contributed by atoms with van der Waals surface area (Å²) in [5.41, 5.74) is 4.49. The highest BCUT2D eigenvalue weighted by atomic mass is 32.1. The van der Waals surface area contributed by atoms with Crippen LogP contribution in [0.5, 0.6) is 0 Å². The van der Waals surface area contributed by atoms with E-state index in [-0.39, 0.29) is 5.69 Å². The molecule has 152 valence electrons. The number of nitrogens with zero attached hydrogens (tertiary/aromatic N) is 2. The number of thiophene rings is 1. The highest BCUT2D eigenvalue weighted by molar-refractivity contribution is 7.15. The first-order valence-electron chi connectivity index (χ1n) is 9.10. The first kappa shape index (κ1) is 19.8. The molecule has 4 rings (SSSR count). The number of rotatable bonds is 4. The molecule has 6 nitrogen and oxygen atoms in total. The molecule has 30 heavy (non-hydrogen) atoms. The van der Waals surface area contributed by atoms with Crippen molar-refractivity contribution in [3.63, 3.8) is 0 Å². The molecule has 1 N–H and O–H groups in total. The van der Waals surface area contributed by atoms with Gasteiger partial charge in [0.15, 0.2) is 0 Å². The van der Waals surface area contributed by atoms with Crippen molar-refractivity contribution in [2.24, 2.45) is 0 Å². The summed E-state index contributed by atoms with van der Waals surface area (Å²) in [6.07, 6.45) is 2.67. The number of esters is 1. The van der Waals surface area contributed by atoms with Crippen molar-refractivity contribution in [3.05, 3.63) is 76.3 Å². The van der Waals surface area contributed by atoms with E-state index in [2.05, 4.69) is 10.3 Å². The Hall–Kier alpha value is -3.52. The average Bonchev–Trinajstić information content (AvgIpc) is 3.33. The number of halogens is 1. The van der Waals surface area contributed by atoms with Crippen LogP contribution in [0, 0.1) is 19.7 Å². The molecule has 0 unspecified atom stereocenters. The van der Waals surface area contributed by atoms with Gasteiger partial charge in [-0.2, -0.15) is 0 Å². The zero-order valence-corrected chi connectivity index (χ0v) is 17.3. The number of benzene rings is 1. The third kappa shape index (κ3) is 3.57. The lowest BCUT2D eigenvalue weighted by Gasteiger charge is -2.10. The number of carbonyl (C=O) groups excluding carboxylic acids is 2. The second kappa shape index (κ2) is 7.72. The maximum atomic E-state index is 13.4. The largest absolute Gasteiger partial charge is 0.465 e. The van der Waals surface area contributed by atoms with Gasteiger partial charge in [0.1, 0.15) is 27.7 Å². The van der Waals surface area contributed by atoms with Crippen molar-refractivity contribution in [2.75, 3.05) is 12.4 Å². The number of pyridine rings is 1. The molecule has 3 heterocycles. The molecule has 0 aliphatic carbocycles. The van der Waals surface area contributed by atoms with Gasteiger partial charge in [-0.05, 0) is 37.1 Å². The maximum absolute atomic E-state index is 13.4. The van der Waals surface area contributed by atoms with Crippen LogP contribution >= 0.6 is 11.3 Å². The number of methoxy groups -OCH3 is 1. The van der Waals surface area contributed by atoms with Crippen molar-refractivity contribution >= 4 is 33.9 Å². The van der Waals surface area contributed by atoms with Crippen molar-refractivity contribution < 1.29 is 18.7 Å². The minimum absolute atomic E-state index is 0.109. The molecule has 0 saturated carbocycles. The Morgan fingerprint density at radius 2 is 1.93 bits per heavy atom. The van der Waals surface area contributed by atoms with Crippen LogP contribution in [-0.2, 0) is 4.74 Å². The summed E-state index contributed by atoms with van der Waals surface area (Å²) in [6, 6.07) is 8.73. The predicted octanol–water partition coefficient (Wildman–Crippen LogP) is 4.86. The molecule has 0 aliphatic rings. The molecule has 0 aliphatic heterocycles. The van der Waals surface area contributed by atoms with Crippen LogP contribution in [0.3, 0.4) is 0 Å². The van der Waals surface area contributed by atoms with Crippen LogP contribution in [0.25, 0.3) is 16.8 Å². The van der Waals surface area contributed by atoms with Gasteiger partial charge in [0.25, 0.3) is 5.91 Å². The molecule has 0 saturated heterocycles. The van der Waals surface area contributed by atoms with Crippen molar-refractivity contribution in [3.8, 4) is 11.1 Å². The van der Waals surface area contributed by atoms with Crippen LogP contribution in [-0.4, -0.2) is 28.4 Å². The van der Waals surface area contributed by atoms with Gasteiger partial charge in [0.2, 0.25) is 0 Å². The van der Waals surface area contributed by atoms with E-state index in [0.29, 0.717) is 21.8 Å². The molecule has 0 fully saturated rings. The molecule has 0 bridgehead atoms. The maximum Gasteiger partial charge on any atom is 0.341 e. The topological polar surface area (TPSA) is 72.7 Å². The summed E-state index contributed by atoms with van der Waals surface area (Å²) >= 11 is 1.23. The second-order valence-corrected chi connectivity index (χ2v) is 7.74. The minimum atomic E-state index is -0.542. The van der Waals surface area contributed by atoms with Crippen molar-refractivity contribution in [1.82, 2.24) is 9.38 Å². The SMILES string of the molecule is COC(=O)c1c(-c2cc(C)ccc2C)csc1NC(=O)c1cn2cc(F)ccc2n1. The van der Waals surface area contributed by atoms with Gasteiger partial charge in [0.05, 0.1) is 7.11 Å². The number of carbonyl (C=O) groups is 2. The smallest absolute Gasteiger partial charge is 0.341 e. The molecule has 3 aromatic heterocycles. The molecule has 0 spiro atoms. The Balaban J connectivity index is 1.73. The Morgan fingerprint density at radius 3 is 2.70 bits per heavy atom. The number of aromatic nitrogens is 2. The molecule has 1 amide bonds. The third-order valence-corrected chi connectivity index (χ3v) is 5.63. The van der Waals surface area contributed by atoms with Crippen LogP contribution in [0.2, 0.25) is 0 Å². The summed E-state index contributed by atoms with van der Waals surface area (Å²) in [6.45, 7) is 3.93. The molecule has 8 heteroatoms. The second-order valence-electron chi connectivity index (χ2n) is 6.86. The van der Waals surface area contributed by atoms with E-state index < -0.39 is 17.7 Å². The molecule has 0 radical (unpaired) electrons. The van der Waals surface area contributed by atoms with Gasteiger partial charge in [-0.25, -0.2) is 14.2 Å². The number of hydrogen-bond acceptors (Lipinski definition) is 5. The lowest BCUT2D eigenvalue weighted by atomic mass is 9.97. The fraction of sp³-hybridized carbons (Fsp3) is 0.136. The normalized spacial score (nSPS) is 10.9. The lowest BCUT2D eigenvalue weighted by Crippen LogP contribution is -2.14. The van der Waals surface area contributed by atoms with Gasteiger partial charge in [0, 0.05) is 23.3 Å². The number of aryl methyl sites for hydroxylation is 2. The predicted molar refractivity (Wildman–Crippen MR) is 114 cm³/mol. The van der Waals surface area contributed by atoms with Gasteiger partial charge in [-0.3, -0.25) is 4.79 Å². The van der Waals surface area contributed by atoms with E-state index in [4.69, 9.17) is 4.74 Å². The number of imidazole rings is 1. The van der Waals surface area contributed by atoms with Crippen molar-refractivity contribution in [1.29, 1.82) is 0 Å². The fourth-order valence-corrected chi connectivity index (χ4v) is 4.16. The summed E-state index contributed by atoms with van der Waals surface area (Å²) in [7, 11) is 1.30. The molecule has 1 aromatic carbocycles. The van der Waals surface area contributed by atoms with Crippen LogP contribution < -0.4 is 5.32 Å². The summed E-state index contributed by atoms with van der Waals surface area (Å²) in [4.78, 5) is 29.5. The van der Waals surface area contributed by atoms with Crippen molar-refractivity contribution in [2.45, 2.75) is 13.8 Å². The molecule has 4 aromatic rings. The van der Waals surface area contributed by atoms with Crippen LogP contribution in [0.15, 0.2) is 48.1 Å². The Morgan fingerprint density at radius 1 is 1.13 bits per heavy atom. The van der Waals surface area contributed by atoms with E-state index in [1.165, 1.54) is 47.4 Å².